The number of nitrogens with zero attached hydrogens (tertiary/aromatic N) is 2. The Morgan fingerprint density at radius 1 is 1.00 bits per heavy atom. The van der Waals surface area contributed by atoms with E-state index < -0.39 is 0 Å². The van der Waals surface area contributed by atoms with Crippen molar-refractivity contribution in [1.29, 1.82) is 0 Å². The van der Waals surface area contributed by atoms with E-state index in [0.717, 1.165) is 22.8 Å². The molecule has 0 saturated heterocycles. The molecule has 24 heavy (non-hydrogen) atoms. The number of rotatable bonds is 6. The van der Waals surface area contributed by atoms with Crippen molar-refractivity contribution in [2.24, 2.45) is 4.99 Å². The van der Waals surface area contributed by atoms with Crippen LogP contribution in [0.15, 0.2) is 83.3 Å². The lowest BCUT2D eigenvalue weighted by atomic mass is 10.1. The minimum absolute atomic E-state index is 0.844. The van der Waals surface area contributed by atoms with Crippen molar-refractivity contribution in [2.75, 3.05) is 19.4 Å². The van der Waals surface area contributed by atoms with E-state index >= 15 is 0 Å². The number of allylic oxidation sites excluding steroid dienone is 1. The minimum Gasteiger partial charge on any atom is -0.362 e. The largest absolute Gasteiger partial charge is 0.362 e. The molecule has 0 aliphatic heterocycles. The van der Waals surface area contributed by atoms with Gasteiger partial charge in [-0.25, -0.2) is 4.99 Å². The topological polar surface area (TPSA) is 27.6 Å². The number of hydrogen-bond donors (Lipinski definition) is 1. The SMILES string of the molecule is C=C(Nc1ccc(-c2ccccc2)cc1)/C(C)=C(\N=CC)N(C)C. The van der Waals surface area contributed by atoms with Crippen LogP contribution in [0.3, 0.4) is 0 Å². The molecule has 2 rings (SSSR count). The summed E-state index contributed by atoms with van der Waals surface area (Å²) >= 11 is 0. The molecule has 3 nitrogen and oxygen atoms in total. The van der Waals surface area contributed by atoms with Crippen LogP contribution in [0, 0.1) is 0 Å². The first-order valence-electron chi connectivity index (χ1n) is 8.01. The average molecular weight is 319 g/mol. The van der Waals surface area contributed by atoms with Crippen LogP contribution in [-0.4, -0.2) is 25.2 Å². The summed E-state index contributed by atoms with van der Waals surface area (Å²) in [4.78, 5) is 6.41. The molecule has 0 bridgehead atoms. The molecule has 3 heteroatoms. The molecule has 1 N–H and O–H groups in total. The lowest BCUT2D eigenvalue weighted by molar-refractivity contribution is 0.501. The Hall–Kier alpha value is -2.81. The highest BCUT2D eigenvalue weighted by atomic mass is 15.2. The second-order valence-electron chi connectivity index (χ2n) is 5.78. The molecule has 0 amide bonds. The second-order valence-corrected chi connectivity index (χ2v) is 5.78. The van der Waals surface area contributed by atoms with Gasteiger partial charge in [0.05, 0.1) is 0 Å². The fraction of sp³-hybridized carbons (Fsp3) is 0.190. The molecule has 0 spiro atoms. The Kier molecular flexibility index (Phi) is 5.96. The maximum absolute atomic E-state index is 4.42. The standard InChI is InChI=1S/C21H25N3/c1-6-22-21(24(4)5)16(2)17(3)23-20-14-12-19(13-15-20)18-10-8-7-9-11-18/h6-15,23H,3H2,1-2,4-5H3/b21-16+,22-6?. The first kappa shape index (κ1) is 17.5. The number of nitrogens with one attached hydrogen (secondary N) is 1. The van der Waals surface area contributed by atoms with Crippen molar-refractivity contribution in [3.05, 3.63) is 78.3 Å². The first-order valence-corrected chi connectivity index (χ1v) is 8.01. The van der Waals surface area contributed by atoms with Crippen molar-refractivity contribution >= 4 is 11.9 Å². The molecule has 0 aliphatic carbocycles. The zero-order chi connectivity index (χ0) is 17.5. The van der Waals surface area contributed by atoms with E-state index in [1.54, 1.807) is 6.21 Å². The molecule has 124 valence electrons. The molecule has 0 atom stereocenters. The Bertz CT molecular complexity index is 738. The summed E-state index contributed by atoms with van der Waals surface area (Å²) in [7, 11) is 3.96. The summed E-state index contributed by atoms with van der Waals surface area (Å²) < 4.78 is 0. The van der Waals surface area contributed by atoms with Gasteiger partial charge in [0.2, 0.25) is 0 Å². The zero-order valence-corrected chi connectivity index (χ0v) is 14.9. The summed E-state index contributed by atoms with van der Waals surface area (Å²) in [6.07, 6.45) is 1.79. The van der Waals surface area contributed by atoms with E-state index in [1.807, 2.05) is 38.9 Å². The third-order valence-corrected chi connectivity index (χ3v) is 3.75. The Morgan fingerprint density at radius 2 is 1.58 bits per heavy atom. The number of anilines is 1. The summed E-state index contributed by atoms with van der Waals surface area (Å²) in [5, 5.41) is 3.36. The lowest BCUT2D eigenvalue weighted by Gasteiger charge is -2.18. The number of benzene rings is 2. The highest BCUT2D eigenvalue weighted by molar-refractivity contribution is 5.67. The van der Waals surface area contributed by atoms with Crippen LogP contribution in [0.1, 0.15) is 13.8 Å². The fourth-order valence-electron chi connectivity index (χ4n) is 2.45. The van der Waals surface area contributed by atoms with E-state index in [1.165, 1.54) is 11.1 Å². The van der Waals surface area contributed by atoms with Crippen LogP contribution < -0.4 is 5.32 Å². The molecule has 0 fully saturated rings. The Morgan fingerprint density at radius 3 is 2.12 bits per heavy atom. The van der Waals surface area contributed by atoms with Gasteiger partial charge < -0.3 is 10.2 Å². The van der Waals surface area contributed by atoms with Crippen molar-refractivity contribution in [1.82, 2.24) is 4.90 Å². The van der Waals surface area contributed by atoms with Gasteiger partial charge in [-0.15, -0.1) is 0 Å². The highest BCUT2D eigenvalue weighted by Crippen LogP contribution is 2.23. The Labute approximate surface area is 145 Å². The van der Waals surface area contributed by atoms with Gasteiger partial charge in [-0.05, 0) is 37.1 Å². The smallest absolute Gasteiger partial charge is 0.132 e. The molecular weight excluding hydrogens is 294 g/mol. The van der Waals surface area contributed by atoms with Crippen LogP contribution in [0.4, 0.5) is 5.69 Å². The predicted molar refractivity (Wildman–Crippen MR) is 105 cm³/mol. The molecule has 0 unspecified atom stereocenters. The molecule has 0 aliphatic rings. The fourth-order valence-corrected chi connectivity index (χ4v) is 2.45. The quantitative estimate of drug-likeness (QED) is 0.588. The van der Waals surface area contributed by atoms with E-state index in [9.17, 15) is 0 Å². The van der Waals surface area contributed by atoms with Gasteiger partial charge in [0.25, 0.3) is 0 Å². The summed E-state index contributed by atoms with van der Waals surface area (Å²) in [6.45, 7) is 8.08. The first-order chi connectivity index (χ1) is 11.5. The maximum Gasteiger partial charge on any atom is 0.132 e. The third-order valence-electron chi connectivity index (χ3n) is 3.75. The van der Waals surface area contributed by atoms with Crippen LogP contribution in [0.5, 0.6) is 0 Å². The van der Waals surface area contributed by atoms with Gasteiger partial charge in [0.1, 0.15) is 5.82 Å². The number of hydrogen-bond acceptors (Lipinski definition) is 3. The van der Waals surface area contributed by atoms with Gasteiger partial charge >= 0.3 is 0 Å². The summed E-state index contributed by atoms with van der Waals surface area (Å²) in [5.41, 5.74) is 5.29. The molecule has 2 aromatic carbocycles. The van der Waals surface area contributed by atoms with Crippen molar-refractivity contribution in [2.45, 2.75) is 13.8 Å². The monoisotopic (exact) mass is 319 g/mol. The van der Waals surface area contributed by atoms with E-state index in [0.29, 0.717) is 0 Å². The van der Waals surface area contributed by atoms with Crippen LogP contribution in [0.25, 0.3) is 11.1 Å². The normalized spacial score (nSPS) is 12.0. The van der Waals surface area contributed by atoms with Gasteiger partial charge in [-0.1, -0.05) is 49.0 Å². The molecule has 0 saturated carbocycles. The lowest BCUT2D eigenvalue weighted by Crippen LogP contribution is -2.14. The third kappa shape index (κ3) is 4.35. The van der Waals surface area contributed by atoms with Crippen molar-refractivity contribution in [3.8, 4) is 11.1 Å². The predicted octanol–water partition coefficient (Wildman–Crippen LogP) is 5.16. The van der Waals surface area contributed by atoms with Crippen molar-refractivity contribution < 1.29 is 0 Å². The van der Waals surface area contributed by atoms with E-state index in [4.69, 9.17) is 0 Å². The highest BCUT2D eigenvalue weighted by Gasteiger charge is 2.07. The molecular formula is C21H25N3. The van der Waals surface area contributed by atoms with Crippen molar-refractivity contribution in [3.63, 3.8) is 0 Å². The van der Waals surface area contributed by atoms with Crippen LogP contribution in [-0.2, 0) is 0 Å². The second kappa shape index (κ2) is 8.16. The zero-order valence-electron chi connectivity index (χ0n) is 14.9. The molecule has 0 heterocycles. The minimum atomic E-state index is 0.844. The molecule has 0 radical (unpaired) electrons. The number of aliphatic imine (C=N–C) groups is 1. The average Bonchev–Trinajstić information content (AvgIpc) is 2.60. The maximum atomic E-state index is 4.42. The van der Waals surface area contributed by atoms with E-state index in [-0.39, 0.29) is 0 Å². The van der Waals surface area contributed by atoms with Gasteiger partial charge in [0.15, 0.2) is 0 Å². The van der Waals surface area contributed by atoms with Crippen LogP contribution in [0.2, 0.25) is 0 Å². The van der Waals surface area contributed by atoms with Gasteiger partial charge in [-0.3, -0.25) is 0 Å². The molecule has 2 aromatic rings. The van der Waals surface area contributed by atoms with E-state index in [2.05, 4.69) is 65.4 Å². The summed E-state index contributed by atoms with van der Waals surface area (Å²) in [6, 6.07) is 18.7. The van der Waals surface area contributed by atoms with Gasteiger partial charge in [-0.2, -0.15) is 0 Å². The molecule has 0 aromatic heterocycles. The Balaban J connectivity index is 2.16. The summed E-state index contributed by atoms with van der Waals surface area (Å²) in [5.74, 6) is 0.899. The van der Waals surface area contributed by atoms with Gasteiger partial charge in [0, 0.05) is 37.3 Å². The van der Waals surface area contributed by atoms with Crippen LogP contribution >= 0.6 is 0 Å².